The summed E-state index contributed by atoms with van der Waals surface area (Å²) in [7, 11) is 0. The number of benzene rings is 1. The average molecular weight is 285 g/mol. The van der Waals surface area contributed by atoms with Gasteiger partial charge >= 0.3 is 5.69 Å². The van der Waals surface area contributed by atoms with Crippen molar-refractivity contribution in [2.75, 3.05) is 31.5 Å². The van der Waals surface area contributed by atoms with Gasteiger partial charge in [0.2, 0.25) is 5.82 Å². The van der Waals surface area contributed by atoms with Crippen molar-refractivity contribution in [1.29, 1.82) is 0 Å². The topological polar surface area (TPSA) is 58.4 Å². The van der Waals surface area contributed by atoms with Crippen LogP contribution >= 0.6 is 0 Å². The molecule has 110 valence electrons. The normalized spacial score (nSPS) is 19.2. The smallest absolute Gasteiger partial charge is 0.327 e. The van der Waals surface area contributed by atoms with Crippen molar-refractivity contribution < 1.29 is 13.7 Å². The number of nitrogens with one attached hydrogen (secondary N) is 1. The molecule has 1 aromatic rings. The third-order valence-corrected chi connectivity index (χ3v) is 3.61. The molecule has 1 unspecified atom stereocenters. The maximum Gasteiger partial charge on any atom is 0.327 e. The summed E-state index contributed by atoms with van der Waals surface area (Å²) < 4.78 is 26.6. The molecule has 1 atom stereocenters. The lowest BCUT2D eigenvalue weighted by Gasteiger charge is -2.14. The highest BCUT2D eigenvalue weighted by molar-refractivity contribution is 5.62. The molecule has 0 spiro atoms. The Morgan fingerprint density at radius 1 is 1.50 bits per heavy atom. The van der Waals surface area contributed by atoms with Crippen molar-refractivity contribution in [1.82, 2.24) is 4.90 Å². The molecule has 1 N–H and O–H groups in total. The van der Waals surface area contributed by atoms with Gasteiger partial charge < -0.3 is 10.2 Å². The molecule has 5 nitrogen and oxygen atoms in total. The fourth-order valence-electron chi connectivity index (χ4n) is 2.51. The van der Waals surface area contributed by atoms with Crippen LogP contribution in [0.3, 0.4) is 0 Å². The van der Waals surface area contributed by atoms with Crippen molar-refractivity contribution in [3.05, 3.63) is 33.9 Å². The van der Waals surface area contributed by atoms with Crippen LogP contribution in [0.25, 0.3) is 0 Å². The van der Waals surface area contributed by atoms with Crippen molar-refractivity contribution in [2.45, 2.75) is 13.3 Å². The number of nitro groups is 1. The fourth-order valence-corrected chi connectivity index (χ4v) is 2.51. The van der Waals surface area contributed by atoms with E-state index < -0.39 is 22.2 Å². The average Bonchev–Trinajstić information content (AvgIpc) is 2.82. The lowest BCUT2D eigenvalue weighted by Crippen LogP contribution is -2.22. The van der Waals surface area contributed by atoms with Crippen molar-refractivity contribution in [3.63, 3.8) is 0 Å². The lowest BCUT2D eigenvalue weighted by molar-refractivity contribution is -0.386. The van der Waals surface area contributed by atoms with E-state index in [9.17, 15) is 18.9 Å². The van der Waals surface area contributed by atoms with E-state index in [0.717, 1.165) is 32.1 Å². The zero-order chi connectivity index (χ0) is 14.7. The Bertz CT molecular complexity index is 511. The van der Waals surface area contributed by atoms with Gasteiger partial charge in [-0.3, -0.25) is 10.1 Å². The molecular weight excluding hydrogens is 268 g/mol. The number of hydrogen-bond acceptors (Lipinski definition) is 4. The van der Waals surface area contributed by atoms with Gasteiger partial charge in [0.05, 0.1) is 4.92 Å². The minimum Gasteiger partial charge on any atom is -0.379 e. The standard InChI is InChI=1S/C13H17F2N3O2/c1-2-17-4-3-9(8-17)7-16-12-6-10(14)5-11(15)13(12)18(19)20/h5-6,9,16H,2-4,7-8H2,1H3. The summed E-state index contributed by atoms with van der Waals surface area (Å²) in [4.78, 5) is 12.3. The molecule has 7 heteroatoms. The van der Waals surface area contributed by atoms with Gasteiger partial charge in [-0.15, -0.1) is 0 Å². The van der Waals surface area contributed by atoms with Gasteiger partial charge in [0.1, 0.15) is 11.5 Å². The number of hydrogen-bond donors (Lipinski definition) is 1. The van der Waals surface area contributed by atoms with Crippen LogP contribution in [0.15, 0.2) is 12.1 Å². The van der Waals surface area contributed by atoms with E-state index in [2.05, 4.69) is 17.1 Å². The number of halogens is 2. The number of rotatable bonds is 5. The Hall–Kier alpha value is -1.76. The van der Waals surface area contributed by atoms with E-state index in [-0.39, 0.29) is 5.69 Å². The molecule has 0 radical (unpaired) electrons. The van der Waals surface area contributed by atoms with E-state index in [4.69, 9.17) is 0 Å². The first kappa shape index (κ1) is 14.6. The summed E-state index contributed by atoms with van der Waals surface area (Å²) in [6, 6.07) is 1.49. The molecule has 0 bridgehead atoms. The van der Waals surface area contributed by atoms with Gasteiger partial charge in [-0.25, -0.2) is 4.39 Å². The Balaban J connectivity index is 2.07. The summed E-state index contributed by atoms with van der Waals surface area (Å²) in [5.74, 6) is -1.64. The van der Waals surface area contributed by atoms with Gasteiger partial charge in [-0.2, -0.15) is 4.39 Å². The van der Waals surface area contributed by atoms with Gasteiger partial charge in [-0.1, -0.05) is 6.92 Å². The zero-order valence-corrected chi connectivity index (χ0v) is 11.2. The predicted molar refractivity (Wildman–Crippen MR) is 71.7 cm³/mol. The largest absolute Gasteiger partial charge is 0.379 e. The van der Waals surface area contributed by atoms with Crippen molar-refractivity contribution >= 4 is 11.4 Å². The Labute approximate surface area is 115 Å². The molecule has 1 aliphatic rings. The van der Waals surface area contributed by atoms with E-state index in [0.29, 0.717) is 18.5 Å². The first-order valence-electron chi connectivity index (χ1n) is 6.61. The predicted octanol–water partition coefficient (Wildman–Crippen LogP) is 2.63. The van der Waals surface area contributed by atoms with Gasteiger partial charge in [-0.05, 0) is 25.4 Å². The van der Waals surface area contributed by atoms with Crippen LogP contribution in [0.2, 0.25) is 0 Å². The molecule has 0 aromatic heterocycles. The third kappa shape index (κ3) is 3.22. The molecule has 1 fully saturated rings. The van der Waals surface area contributed by atoms with Crippen LogP contribution in [0.5, 0.6) is 0 Å². The van der Waals surface area contributed by atoms with Gasteiger partial charge in [0.25, 0.3) is 0 Å². The Morgan fingerprint density at radius 2 is 2.25 bits per heavy atom. The molecular formula is C13H17F2N3O2. The Morgan fingerprint density at radius 3 is 2.85 bits per heavy atom. The number of anilines is 1. The van der Waals surface area contributed by atoms with Crippen LogP contribution in [0, 0.1) is 27.7 Å². The summed E-state index contributed by atoms with van der Waals surface area (Å²) in [5, 5.41) is 13.7. The highest BCUT2D eigenvalue weighted by Crippen LogP contribution is 2.29. The minimum atomic E-state index is -1.15. The molecule has 0 saturated carbocycles. The number of likely N-dealkylation sites (tertiary alicyclic amines) is 1. The molecule has 1 heterocycles. The third-order valence-electron chi connectivity index (χ3n) is 3.61. The minimum absolute atomic E-state index is 0.0950. The molecule has 0 amide bonds. The van der Waals surface area contributed by atoms with Crippen LogP contribution in [-0.4, -0.2) is 36.0 Å². The monoisotopic (exact) mass is 285 g/mol. The molecule has 1 saturated heterocycles. The van der Waals surface area contributed by atoms with Gasteiger partial charge in [0, 0.05) is 25.2 Å². The molecule has 20 heavy (non-hydrogen) atoms. The highest BCUT2D eigenvalue weighted by atomic mass is 19.1. The number of nitrogens with zero attached hydrogens (tertiary/aromatic N) is 2. The second kappa shape index (κ2) is 6.13. The summed E-state index contributed by atoms with van der Waals surface area (Å²) >= 11 is 0. The zero-order valence-electron chi connectivity index (χ0n) is 11.2. The van der Waals surface area contributed by atoms with Crippen LogP contribution in [-0.2, 0) is 0 Å². The molecule has 2 rings (SSSR count). The van der Waals surface area contributed by atoms with Crippen LogP contribution in [0.4, 0.5) is 20.2 Å². The molecule has 1 aliphatic heterocycles. The number of nitro benzene ring substituents is 1. The maximum atomic E-state index is 13.4. The van der Waals surface area contributed by atoms with Crippen LogP contribution < -0.4 is 5.32 Å². The fraction of sp³-hybridized carbons (Fsp3) is 0.538. The second-order valence-corrected chi connectivity index (χ2v) is 4.97. The molecule has 0 aliphatic carbocycles. The first-order valence-corrected chi connectivity index (χ1v) is 6.61. The van der Waals surface area contributed by atoms with E-state index in [1.807, 2.05) is 0 Å². The Kier molecular flexibility index (Phi) is 4.49. The van der Waals surface area contributed by atoms with E-state index in [1.54, 1.807) is 0 Å². The SMILES string of the molecule is CCN1CCC(CNc2cc(F)cc(F)c2[N+](=O)[O-])C1. The molecule has 1 aromatic carbocycles. The summed E-state index contributed by atoms with van der Waals surface area (Å²) in [6.07, 6.45) is 0.979. The lowest BCUT2D eigenvalue weighted by atomic mass is 10.1. The highest BCUT2D eigenvalue weighted by Gasteiger charge is 2.25. The maximum absolute atomic E-state index is 13.4. The van der Waals surface area contributed by atoms with Crippen LogP contribution in [0.1, 0.15) is 13.3 Å². The quantitative estimate of drug-likeness (QED) is 0.667. The van der Waals surface area contributed by atoms with E-state index >= 15 is 0 Å². The summed E-state index contributed by atoms with van der Waals surface area (Å²) in [6.45, 7) is 5.39. The first-order chi connectivity index (χ1) is 9.51. The second-order valence-electron chi connectivity index (χ2n) is 4.97. The summed E-state index contributed by atoms with van der Waals surface area (Å²) in [5.41, 5.74) is -0.792. The van der Waals surface area contributed by atoms with Crippen molar-refractivity contribution in [3.8, 4) is 0 Å². The van der Waals surface area contributed by atoms with Crippen molar-refractivity contribution in [2.24, 2.45) is 5.92 Å². The van der Waals surface area contributed by atoms with E-state index in [1.165, 1.54) is 0 Å². The van der Waals surface area contributed by atoms with Gasteiger partial charge in [0.15, 0.2) is 0 Å².